The zero-order valence-corrected chi connectivity index (χ0v) is 8.91. The topological polar surface area (TPSA) is 0 Å². The summed E-state index contributed by atoms with van der Waals surface area (Å²) in [5.74, 6) is 0.980. The van der Waals surface area contributed by atoms with Crippen LogP contribution >= 0.6 is 0 Å². The van der Waals surface area contributed by atoms with Gasteiger partial charge in [-0.1, -0.05) is 54.9 Å². The van der Waals surface area contributed by atoms with Gasteiger partial charge in [-0.05, 0) is 24.2 Å². The summed E-state index contributed by atoms with van der Waals surface area (Å²) in [7, 11) is 0. The number of hydrogen-bond acceptors (Lipinski definition) is 0. The number of hydrogen-bond donors (Lipinski definition) is 0. The molecule has 1 atom stereocenters. The Kier molecular flexibility index (Phi) is 7.88. The van der Waals surface area contributed by atoms with Crippen LogP contribution in [0.15, 0.2) is 0 Å². The second kappa shape index (κ2) is 6.51. The Morgan fingerprint density at radius 2 is 1.67 bits per heavy atom. The minimum atomic E-state index is 0. The Labute approximate surface area is 79.8 Å². The maximum Gasteiger partial charge on any atom is -0.0352 e. The van der Waals surface area contributed by atoms with E-state index in [-0.39, 0.29) is 7.43 Å². The summed E-state index contributed by atoms with van der Waals surface area (Å²) >= 11 is 0. The molecule has 1 saturated carbocycles. The second-order valence-electron chi connectivity index (χ2n) is 4.37. The summed E-state index contributed by atoms with van der Waals surface area (Å²) in [5.41, 5.74) is 0.650. The standard InChI is InChI=1S/C9H18.C2H6.CH4/c1-8-5-4-6-9(2,3)7-8;1-2;/h8H,4-7H2,1-3H3;1-2H3;1H4. The third-order valence-corrected chi connectivity index (χ3v) is 2.45. The van der Waals surface area contributed by atoms with Crippen LogP contribution < -0.4 is 0 Å². The lowest BCUT2D eigenvalue weighted by atomic mass is 9.73. The summed E-state index contributed by atoms with van der Waals surface area (Å²) in [4.78, 5) is 0. The normalized spacial score (nSPS) is 26.2. The highest BCUT2D eigenvalue weighted by molar-refractivity contribution is 4.76. The molecule has 0 saturated heterocycles. The molecule has 0 aromatic rings. The smallest absolute Gasteiger partial charge is 0.0352 e. The van der Waals surface area contributed by atoms with Crippen molar-refractivity contribution in [2.24, 2.45) is 11.3 Å². The van der Waals surface area contributed by atoms with Crippen molar-refractivity contribution in [1.29, 1.82) is 0 Å². The van der Waals surface area contributed by atoms with Crippen molar-refractivity contribution >= 4 is 0 Å². The molecular weight excluding hydrogens is 144 g/mol. The molecule has 12 heavy (non-hydrogen) atoms. The third-order valence-electron chi connectivity index (χ3n) is 2.45. The molecule has 0 nitrogen and oxygen atoms in total. The Balaban J connectivity index is 0. The molecule has 0 N–H and O–H groups in total. The molecule has 0 radical (unpaired) electrons. The van der Waals surface area contributed by atoms with Crippen molar-refractivity contribution in [3.8, 4) is 0 Å². The third kappa shape index (κ3) is 5.62. The zero-order valence-electron chi connectivity index (χ0n) is 8.91. The van der Waals surface area contributed by atoms with Crippen LogP contribution in [-0.2, 0) is 0 Å². The predicted molar refractivity (Wildman–Crippen MR) is 59.5 cm³/mol. The van der Waals surface area contributed by atoms with Crippen molar-refractivity contribution in [3.05, 3.63) is 0 Å². The van der Waals surface area contributed by atoms with Gasteiger partial charge in [0.05, 0.1) is 0 Å². The van der Waals surface area contributed by atoms with Crippen molar-refractivity contribution in [2.75, 3.05) is 0 Å². The molecule has 0 spiro atoms. The van der Waals surface area contributed by atoms with E-state index in [4.69, 9.17) is 0 Å². The van der Waals surface area contributed by atoms with E-state index in [1.54, 1.807) is 0 Å². The van der Waals surface area contributed by atoms with Gasteiger partial charge in [-0.2, -0.15) is 0 Å². The average Bonchev–Trinajstić information content (AvgIpc) is 1.89. The van der Waals surface area contributed by atoms with Gasteiger partial charge in [-0.25, -0.2) is 0 Å². The van der Waals surface area contributed by atoms with Gasteiger partial charge in [0.2, 0.25) is 0 Å². The SMILES string of the molecule is C.CC.CC1CCCC(C)(C)C1. The van der Waals surface area contributed by atoms with Crippen LogP contribution in [-0.4, -0.2) is 0 Å². The average molecular weight is 172 g/mol. The Morgan fingerprint density at radius 1 is 1.17 bits per heavy atom. The van der Waals surface area contributed by atoms with Crippen LogP contribution in [0.1, 0.15) is 67.7 Å². The van der Waals surface area contributed by atoms with Gasteiger partial charge >= 0.3 is 0 Å². The van der Waals surface area contributed by atoms with Crippen LogP contribution in [0.3, 0.4) is 0 Å². The quantitative estimate of drug-likeness (QED) is 0.488. The monoisotopic (exact) mass is 172 g/mol. The molecule has 1 rings (SSSR count). The first-order chi connectivity index (χ1) is 5.10. The fourth-order valence-electron chi connectivity index (χ4n) is 2.08. The van der Waals surface area contributed by atoms with Crippen molar-refractivity contribution < 1.29 is 0 Å². The van der Waals surface area contributed by atoms with Crippen molar-refractivity contribution in [1.82, 2.24) is 0 Å². The maximum atomic E-state index is 2.39. The highest BCUT2D eigenvalue weighted by Gasteiger charge is 2.24. The maximum absolute atomic E-state index is 2.39. The molecule has 1 unspecified atom stereocenters. The summed E-state index contributed by atoms with van der Waals surface area (Å²) in [6, 6.07) is 0. The first-order valence-corrected chi connectivity index (χ1v) is 5.10. The largest absolute Gasteiger partial charge is 0.0776 e. The fourth-order valence-corrected chi connectivity index (χ4v) is 2.08. The fraction of sp³-hybridized carbons (Fsp3) is 1.00. The van der Waals surface area contributed by atoms with Gasteiger partial charge in [-0.3, -0.25) is 0 Å². The number of rotatable bonds is 0. The van der Waals surface area contributed by atoms with Gasteiger partial charge in [-0.15, -0.1) is 0 Å². The van der Waals surface area contributed by atoms with Gasteiger partial charge in [0.25, 0.3) is 0 Å². The second-order valence-corrected chi connectivity index (χ2v) is 4.37. The Hall–Kier alpha value is 0. The minimum absolute atomic E-state index is 0. The lowest BCUT2D eigenvalue weighted by Gasteiger charge is -2.33. The molecule has 0 bridgehead atoms. The predicted octanol–water partition coefficient (Wildman–Crippen LogP) is 4.89. The molecule has 0 aromatic heterocycles. The van der Waals surface area contributed by atoms with Gasteiger partial charge in [0.1, 0.15) is 0 Å². The van der Waals surface area contributed by atoms with E-state index in [1.807, 2.05) is 13.8 Å². The lowest BCUT2D eigenvalue weighted by molar-refractivity contribution is 0.191. The van der Waals surface area contributed by atoms with Crippen molar-refractivity contribution in [2.45, 2.75) is 67.7 Å². The molecule has 0 aromatic carbocycles. The van der Waals surface area contributed by atoms with E-state index in [0.717, 1.165) is 5.92 Å². The van der Waals surface area contributed by atoms with E-state index < -0.39 is 0 Å². The summed E-state index contributed by atoms with van der Waals surface area (Å²) in [5, 5.41) is 0. The van der Waals surface area contributed by atoms with E-state index in [9.17, 15) is 0 Å². The molecule has 1 fully saturated rings. The zero-order chi connectivity index (χ0) is 8.91. The van der Waals surface area contributed by atoms with E-state index in [1.165, 1.54) is 25.7 Å². The van der Waals surface area contributed by atoms with Gasteiger partial charge < -0.3 is 0 Å². The van der Waals surface area contributed by atoms with Crippen LogP contribution in [0, 0.1) is 11.3 Å². The van der Waals surface area contributed by atoms with Crippen LogP contribution in [0.5, 0.6) is 0 Å². The van der Waals surface area contributed by atoms with Crippen LogP contribution in [0.2, 0.25) is 0 Å². The summed E-state index contributed by atoms with van der Waals surface area (Å²) in [6.45, 7) is 11.2. The molecule has 0 heteroatoms. The van der Waals surface area contributed by atoms with E-state index in [0.29, 0.717) is 5.41 Å². The molecule has 1 aliphatic rings. The molecule has 1 aliphatic carbocycles. The van der Waals surface area contributed by atoms with Crippen LogP contribution in [0.25, 0.3) is 0 Å². The summed E-state index contributed by atoms with van der Waals surface area (Å²) in [6.07, 6.45) is 5.79. The van der Waals surface area contributed by atoms with Crippen LogP contribution in [0.4, 0.5) is 0 Å². The highest BCUT2D eigenvalue weighted by atomic mass is 14.3. The molecule has 0 heterocycles. The molecule has 76 valence electrons. The summed E-state index contributed by atoms with van der Waals surface area (Å²) < 4.78 is 0. The van der Waals surface area contributed by atoms with Crippen molar-refractivity contribution in [3.63, 3.8) is 0 Å². The van der Waals surface area contributed by atoms with E-state index >= 15 is 0 Å². The lowest BCUT2D eigenvalue weighted by Crippen LogP contribution is -2.20. The highest BCUT2D eigenvalue weighted by Crippen LogP contribution is 2.37. The first-order valence-electron chi connectivity index (χ1n) is 5.10. The minimum Gasteiger partial charge on any atom is -0.0776 e. The first kappa shape index (κ1) is 14.5. The van der Waals surface area contributed by atoms with E-state index in [2.05, 4.69) is 20.8 Å². The molecule has 0 aliphatic heterocycles. The van der Waals surface area contributed by atoms with Gasteiger partial charge in [0.15, 0.2) is 0 Å². The molecular formula is C12H28. The van der Waals surface area contributed by atoms with Gasteiger partial charge in [0, 0.05) is 0 Å². The Morgan fingerprint density at radius 3 is 1.92 bits per heavy atom. The Bertz CT molecular complexity index is 92.2. The molecule has 0 amide bonds.